The van der Waals surface area contributed by atoms with Crippen molar-refractivity contribution in [2.45, 2.75) is 23.8 Å². The van der Waals surface area contributed by atoms with E-state index in [1.807, 2.05) is 0 Å². The van der Waals surface area contributed by atoms with Crippen LogP contribution >= 0.6 is 34.8 Å². The lowest BCUT2D eigenvalue weighted by molar-refractivity contribution is -0.126. The zero-order chi connectivity index (χ0) is 14.3. The number of halogens is 3. The monoisotopic (exact) mass is 321 g/mol. The normalized spacial score (nSPS) is 25.7. The fourth-order valence-electron chi connectivity index (χ4n) is 1.86. The van der Waals surface area contributed by atoms with Gasteiger partial charge in [-0.05, 0) is 31.0 Å². The third kappa shape index (κ3) is 3.00. The fourth-order valence-corrected chi connectivity index (χ4v) is 2.77. The third-order valence-electron chi connectivity index (χ3n) is 3.45. The van der Waals surface area contributed by atoms with Crippen LogP contribution in [0.25, 0.3) is 0 Å². The highest BCUT2D eigenvalue weighted by atomic mass is 35.5. The van der Waals surface area contributed by atoms with E-state index in [1.54, 1.807) is 31.2 Å². The van der Waals surface area contributed by atoms with Gasteiger partial charge in [0.05, 0.1) is 11.5 Å². The van der Waals surface area contributed by atoms with Gasteiger partial charge < -0.3 is 10.4 Å². The Labute approximate surface area is 126 Å². The maximum Gasteiger partial charge on any atom is 0.229 e. The molecule has 104 valence electrons. The zero-order valence-electron chi connectivity index (χ0n) is 10.3. The topological polar surface area (TPSA) is 49.3 Å². The van der Waals surface area contributed by atoms with Gasteiger partial charge in [0, 0.05) is 11.6 Å². The Kier molecular flexibility index (Phi) is 4.03. The molecule has 0 aromatic heterocycles. The lowest BCUT2D eigenvalue weighted by Crippen LogP contribution is -2.36. The summed E-state index contributed by atoms with van der Waals surface area (Å²) in [7, 11) is 0. The number of nitrogens with one attached hydrogen (secondary N) is 1. The van der Waals surface area contributed by atoms with Crippen LogP contribution in [0.1, 0.15) is 25.0 Å². The molecule has 0 aliphatic heterocycles. The number of aliphatic hydroxyl groups excluding tert-OH is 1. The molecule has 19 heavy (non-hydrogen) atoms. The van der Waals surface area contributed by atoms with Crippen LogP contribution in [0.4, 0.5) is 0 Å². The van der Waals surface area contributed by atoms with E-state index in [0.717, 1.165) is 0 Å². The van der Waals surface area contributed by atoms with Gasteiger partial charge >= 0.3 is 0 Å². The SMILES string of the molecule is C[C@]1(C(=O)NC[C@H](O)c2cccc(Cl)c2)CC1(Cl)Cl. The van der Waals surface area contributed by atoms with Gasteiger partial charge in [-0.15, -0.1) is 23.2 Å². The molecule has 2 rings (SSSR count). The van der Waals surface area contributed by atoms with E-state index in [-0.39, 0.29) is 12.5 Å². The van der Waals surface area contributed by atoms with Gasteiger partial charge in [-0.1, -0.05) is 23.7 Å². The van der Waals surface area contributed by atoms with Crippen LogP contribution < -0.4 is 5.32 Å². The van der Waals surface area contributed by atoms with Crippen molar-refractivity contribution in [1.82, 2.24) is 5.32 Å². The Morgan fingerprint density at radius 3 is 2.68 bits per heavy atom. The number of alkyl halides is 2. The van der Waals surface area contributed by atoms with Crippen molar-refractivity contribution >= 4 is 40.7 Å². The molecule has 3 nitrogen and oxygen atoms in total. The van der Waals surface area contributed by atoms with Crippen molar-refractivity contribution in [3.05, 3.63) is 34.9 Å². The van der Waals surface area contributed by atoms with Gasteiger partial charge in [-0.2, -0.15) is 0 Å². The van der Waals surface area contributed by atoms with Crippen LogP contribution in [0.3, 0.4) is 0 Å². The number of carbonyl (C=O) groups excluding carboxylic acids is 1. The quantitative estimate of drug-likeness (QED) is 0.837. The van der Waals surface area contributed by atoms with E-state index >= 15 is 0 Å². The molecule has 2 atom stereocenters. The number of hydrogen-bond donors (Lipinski definition) is 2. The average Bonchev–Trinajstić information content (AvgIpc) is 2.86. The van der Waals surface area contributed by atoms with Gasteiger partial charge in [-0.25, -0.2) is 0 Å². The summed E-state index contributed by atoms with van der Waals surface area (Å²) in [6, 6.07) is 6.87. The molecule has 1 saturated carbocycles. The summed E-state index contributed by atoms with van der Waals surface area (Å²) in [5.41, 5.74) is -0.124. The van der Waals surface area contributed by atoms with Gasteiger partial charge in [0.15, 0.2) is 0 Å². The van der Waals surface area contributed by atoms with Crippen molar-refractivity contribution in [3.63, 3.8) is 0 Å². The minimum atomic E-state index is -1.00. The second kappa shape index (κ2) is 5.13. The fraction of sp³-hybridized carbons (Fsp3) is 0.462. The highest BCUT2D eigenvalue weighted by Gasteiger charge is 2.67. The standard InChI is InChI=1S/C13H14Cl3NO2/c1-12(7-13(12,15)16)11(19)17-6-10(18)8-3-2-4-9(14)5-8/h2-5,10,18H,6-7H2,1H3,(H,17,19)/t10-,12+/m0/s1. The smallest absolute Gasteiger partial charge is 0.229 e. The molecule has 6 heteroatoms. The van der Waals surface area contributed by atoms with Crippen molar-refractivity contribution in [2.75, 3.05) is 6.54 Å². The number of amides is 1. The molecule has 0 radical (unpaired) electrons. The predicted octanol–water partition coefficient (Wildman–Crippen LogP) is 3.07. The summed E-state index contributed by atoms with van der Waals surface area (Å²) in [5.74, 6) is -0.251. The van der Waals surface area contributed by atoms with Gasteiger partial charge in [0.2, 0.25) is 5.91 Å². The molecule has 2 N–H and O–H groups in total. The predicted molar refractivity (Wildman–Crippen MR) is 76.6 cm³/mol. The van der Waals surface area contributed by atoms with Gasteiger partial charge in [0.1, 0.15) is 4.33 Å². The Morgan fingerprint density at radius 1 is 1.53 bits per heavy atom. The van der Waals surface area contributed by atoms with Crippen LogP contribution in [0.5, 0.6) is 0 Å². The lowest BCUT2D eigenvalue weighted by Gasteiger charge is -2.16. The summed E-state index contributed by atoms with van der Waals surface area (Å²) in [4.78, 5) is 11.9. The summed E-state index contributed by atoms with van der Waals surface area (Å²) in [6.07, 6.45) is -0.396. The van der Waals surface area contributed by atoms with Gasteiger partial charge in [0.25, 0.3) is 0 Å². The second-order valence-corrected chi connectivity index (χ2v) is 6.91. The Hall–Kier alpha value is -0.480. The first-order valence-corrected chi connectivity index (χ1v) is 6.99. The first-order valence-electron chi connectivity index (χ1n) is 5.86. The van der Waals surface area contributed by atoms with Crippen LogP contribution in [-0.4, -0.2) is 21.9 Å². The molecule has 1 aliphatic rings. The van der Waals surface area contributed by atoms with Crippen molar-refractivity contribution < 1.29 is 9.90 Å². The van der Waals surface area contributed by atoms with Gasteiger partial charge in [-0.3, -0.25) is 4.79 Å². The van der Waals surface area contributed by atoms with E-state index in [0.29, 0.717) is 17.0 Å². The molecule has 0 bridgehead atoms. The molecule has 1 fully saturated rings. The number of benzene rings is 1. The Balaban J connectivity index is 1.91. The molecule has 0 spiro atoms. The molecular weight excluding hydrogens is 309 g/mol. The minimum Gasteiger partial charge on any atom is -0.387 e. The summed E-state index contributed by atoms with van der Waals surface area (Å²) >= 11 is 17.7. The largest absolute Gasteiger partial charge is 0.387 e. The van der Waals surface area contributed by atoms with Crippen LogP contribution in [0.2, 0.25) is 5.02 Å². The van der Waals surface area contributed by atoms with Crippen molar-refractivity contribution in [3.8, 4) is 0 Å². The first kappa shape index (κ1) is 14.9. The number of hydrogen-bond acceptors (Lipinski definition) is 2. The molecule has 0 heterocycles. The van der Waals surface area contributed by atoms with Crippen LogP contribution in [-0.2, 0) is 4.79 Å². The lowest BCUT2D eigenvalue weighted by atomic mass is 10.1. The van der Waals surface area contributed by atoms with Crippen molar-refractivity contribution in [2.24, 2.45) is 5.41 Å². The Bertz CT molecular complexity index is 506. The molecule has 0 unspecified atom stereocenters. The highest BCUT2D eigenvalue weighted by molar-refractivity contribution is 6.53. The maximum atomic E-state index is 11.9. The number of aliphatic hydroxyl groups is 1. The first-order chi connectivity index (χ1) is 8.76. The summed E-state index contributed by atoms with van der Waals surface area (Å²) in [6.45, 7) is 1.80. The number of rotatable bonds is 4. The molecule has 0 saturated heterocycles. The molecule has 1 aromatic carbocycles. The van der Waals surface area contributed by atoms with Crippen LogP contribution in [0.15, 0.2) is 24.3 Å². The Morgan fingerprint density at radius 2 is 2.16 bits per heavy atom. The third-order valence-corrected chi connectivity index (χ3v) is 4.78. The molecule has 1 aliphatic carbocycles. The second-order valence-electron chi connectivity index (χ2n) is 4.99. The van der Waals surface area contributed by atoms with E-state index < -0.39 is 15.9 Å². The van der Waals surface area contributed by atoms with Crippen molar-refractivity contribution in [1.29, 1.82) is 0 Å². The van der Waals surface area contributed by atoms with E-state index in [2.05, 4.69) is 5.32 Å². The molecular formula is C13H14Cl3NO2. The van der Waals surface area contributed by atoms with E-state index in [1.165, 1.54) is 0 Å². The molecule has 1 amide bonds. The van der Waals surface area contributed by atoms with Crippen LogP contribution in [0, 0.1) is 5.41 Å². The summed E-state index contributed by atoms with van der Waals surface area (Å²) in [5, 5.41) is 13.2. The van der Waals surface area contributed by atoms with E-state index in [9.17, 15) is 9.90 Å². The summed E-state index contributed by atoms with van der Waals surface area (Å²) < 4.78 is -1.00. The minimum absolute atomic E-state index is 0.0959. The zero-order valence-corrected chi connectivity index (χ0v) is 12.6. The molecule has 1 aromatic rings. The van der Waals surface area contributed by atoms with E-state index in [4.69, 9.17) is 34.8 Å². The maximum absolute atomic E-state index is 11.9. The highest BCUT2D eigenvalue weighted by Crippen LogP contribution is 2.63. The number of carbonyl (C=O) groups is 1. The average molecular weight is 323 g/mol.